The van der Waals surface area contributed by atoms with Crippen LogP contribution in [0.15, 0.2) is 12.1 Å². The summed E-state index contributed by atoms with van der Waals surface area (Å²) in [4.78, 5) is 17.0. The zero-order valence-corrected chi connectivity index (χ0v) is 15.1. The summed E-state index contributed by atoms with van der Waals surface area (Å²) < 4.78 is 11.3. The molecule has 5 nitrogen and oxygen atoms in total. The molecule has 1 amide bonds. The molecule has 0 aromatic carbocycles. The van der Waals surface area contributed by atoms with Crippen LogP contribution >= 0.6 is 0 Å². The fraction of sp³-hybridized carbons (Fsp3) is 0.667. The van der Waals surface area contributed by atoms with Crippen molar-refractivity contribution in [1.82, 2.24) is 4.98 Å². The second kappa shape index (κ2) is 9.50. The van der Waals surface area contributed by atoms with Crippen molar-refractivity contribution in [3.8, 4) is 5.88 Å². The van der Waals surface area contributed by atoms with Crippen LogP contribution in [-0.2, 0) is 9.53 Å². The van der Waals surface area contributed by atoms with E-state index in [4.69, 9.17) is 9.47 Å². The van der Waals surface area contributed by atoms with Crippen LogP contribution in [0.1, 0.15) is 59.1 Å². The molecule has 0 saturated carbocycles. The van der Waals surface area contributed by atoms with Crippen molar-refractivity contribution in [2.75, 3.05) is 18.5 Å². The van der Waals surface area contributed by atoms with Crippen molar-refractivity contribution >= 4 is 11.6 Å². The summed E-state index contributed by atoms with van der Waals surface area (Å²) in [5.41, 5.74) is 0.620. The van der Waals surface area contributed by atoms with Gasteiger partial charge >= 0.3 is 0 Å². The molecule has 1 atom stereocenters. The van der Waals surface area contributed by atoms with E-state index in [1.54, 1.807) is 6.07 Å². The number of hydrogen-bond donors (Lipinski definition) is 1. The number of anilines is 1. The van der Waals surface area contributed by atoms with Gasteiger partial charge in [0.15, 0.2) is 0 Å². The monoisotopic (exact) mass is 322 g/mol. The molecule has 1 aromatic heterocycles. The van der Waals surface area contributed by atoms with Gasteiger partial charge in [-0.3, -0.25) is 4.79 Å². The molecule has 1 unspecified atom stereocenters. The van der Waals surface area contributed by atoms with Gasteiger partial charge < -0.3 is 14.8 Å². The lowest BCUT2D eigenvalue weighted by atomic mass is 9.99. The maximum atomic E-state index is 12.6. The van der Waals surface area contributed by atoms with Gasteiger partial charge in [-0.05, 0) is 39.7 Å². The maximum Gasteiger partial charge on any atom is 0.256 e. The normalized spacial score (nSPS) is 13.4. The lowest BCUT2D eigenvalue weighted by Gasteiger charge is -2.28. The van der Waals surface area contributed by atoms with Crippen molar-refractivity contribution in [1.29, 1.82) is 0 Å². The van der Waals surface area contributed by atoms with Crippen LogP contribution in [0.2, 0.25) is 0 Å². The molecule has 0 aliphatic rings. The van der Waals surface area contributed by atoms with E-state index < -0.39 is 5.60 Å². The highest BCUT2D eigenvalue weighted by molar-refractivity contribution is 5.97. The van der Waals surface area contributed by atoms with Crippen molar-refractivity contribution < 1.29 is 14.3 Å². The van der Waals surface area contributed by atoms with E-state index >= 15 is 0 Å². The quantitative estimate of drug-likeness (QED) is 0.659. The summed E-state index contributed by atoms with van der Waals surface area (Å²) in [5, 5.41) is 2.93. The van der Waals surface area contributed by atoms with Crippen LogP contribution in [0.25, 0.3) is 0 Å². The number of unbranched alkanes of at least 4 members (excludes halogenated alkanes) is 1. The number of nitrogens with one attached hydrogen (secondary N) is 1. The molecule has 1 aromatic rings. The van der Waals surface area contributed by atoms with E-state index in [1.165, 1.54) is 0 Å². The van der Waals surface area contributed by atoms with Crippen molar-refractivity contribution in [2.45, 2.75) is 65.9 Å². The lowest BCUT2D eigenvalue weighted by molar-refractivity contribution is -0.139. The van der Waals surface area contributed by atoms with Gasteiger partial charge in [-0.25, -0.2) is 4.98 Å². The highest BCUT2D eigenvalue weighted by atomic mass is 16.5. The van der Waals surface area contributed by atoms with Gasteiger partial charge in [0.25, 0.3) is 5.91 Å². The Morgan fingerprint density at radius 1 is 1.26 bits per heavy atom. The number of rotatable bonds is 10. The van der Waals surface area contributed by atoms with Gasteiger partial charge in [0.1, 0.15) is 5.60 Å². The predicted octanol–water partition coefficient (Wildman–Crippen LogP) is 4.10. The van der Waals surface area contributed by atoms with E-state index in [0.717, 1.165) is 25.0 Å². The topological polar surface area (TPSA) is 60.5 Å². The average Bonchev–Trinajstić information content (AvgIpc) is 2.50. The third-order valence-electron chi connectivity index (χ3n) is 3.73. The van der Waals surface area contributed by atoms with E-state index in [0.29, 0.717) is 31.2 Å². The second-order valence-corrected chi connectivity index (χ2v) is 5.85. The summed E-state index contributed by atoms with van der Waals surface area (Å²) in [7, 11) is 0. The molecule has 5 heteroatoms. The summed E-state index contributed by atoms with van der Waals surface area (Å²) in [6, 6.07) is 3.62. The molecule has 1 N–H and O–H groups in total. The van der Waals surface area contributed by atoms with Gasteiger partial charge in [0.05, 0.1) is 18.0 Å². The van der Waals surface area contributed by atoms with Crippen molar-refractivity contribution in [3.05, 3.63) is 17.8 Å². The van der Waals surface area contributed by atoms with Crippen molar-refractivity contribution in [3.63, 3.8) is 0 Å². The number of pyridine rings is 1. The fourth-order valence-corrected chi connectivity index (χ4v) is 2.37. The molecular formula is C18H30N2O3. The molecule has 0 saturated heterocycles. The van der Waals surface area contributed by atoms with E-state index in [1.807, 2.05) is 33.8 Å². The largest absolute Gasteiger partial charge is 0.478 e. The van der Waals surface area contributed by atoms with Crippen LogP contribution < -0.4 is 10.1 Å². The third kappa shape index (κ3) is 5.82. The molecular weight excluding hydrogens is 292 g/mol. The molecule has 0 aliphatic carbocycles. The number of carbonyl (C=O) groups excluding carboxylic acids is 1. The second-order valence-electron chi connectivity index (χ2n) is 5.85. The van der Waals surface area contributed by atoms with Gasteiger partial charge in [-0.1, -0.05) is 26.7 Å². The molecule has 0 spiro atoms. The number of aryl methyl sites for hydroxylation is 1. The van der Waals surface area contributed by atoms with Gasteiger partial charge in [-0.2, -0.15) is 0 Å². The minimum absolute atomic E-state index is 0.134. The number of ether oxygens (including phenoxy) is 2. The van der Waals surface area contributed by atoms with E-state index in [-0.39, 0.29) is 5.91 Å². The Hall–Kier alpha value is -1.62. The summed E-state index contributed by atoms with van der Waals surface area (Å²) >= 11 is 0. The minimum atomic E-state index is -0.813. The Morgan fingerprint density at radius 2 is 2.00 bits per heavy atom. The van der Waals surface area contributed by atoms with Crippen LogP contribution in [0.3, 0.4) is 0 Å². The smallest absolute Gasteiger partial charge is 0.256 e. The maximum absolute atomic E-state index is 12.6. The van der Waals surface area contributed by atoms with Crippen LogP contribution in [0.4, 0.5) is 5.69 Å². The van der Waals surface area contributed by atoms with E-state index in [2.05, 4.69) is 17.2 Å². The molecule has 0 radical (unpaired) electrons. The summed E-state index contributed by atoms with van der Waals surface area (Å²) in [6.07, 6.45) is 3.65. The molecule has 1 rings (SSSR count). The van der Waals surface area contributed by atoms with Crippen molar-refractivity contribution in [2.24, 2.45) is 0 Å². The first-order chi connectivity index (χ1) is 11.0. The molecule has 0 bridgehead atoms. The zero-order valence-electron chi connectivity index (χ0n) is 15.1. The van der Waals surface area contributed by atoms with Crippen LogP contribution in [0, 0.1) is 6.92 Å². The lowest BCUT2D eigenvalue weighted by Crippen LogP contribution is -2.42. The van der Waals surface area contributed by atoms with Crippen LogP contribution in [0.5, 0.6) is 5.88 Å². The first-order valence-electron chi connectivity index (χ1n) is 8.52. The predicted molar refractivity (Wildman–Crippen MR) is 92.9 cm³/mol. The first-order valence-corrected chi connectivity index (χ1v) is 8.52. The van der Waals surface area contributed by atoms with Gasteiger partial charge in [0.2, 0.25) is 5.88 Å². The Bertz CT molecular complexity index is 497. The number of hydrogen-bond acceptors (Lipinski definition) is 4. The molecule has 0 aliphatic heterocycles. The first kappa shape index (κ1) is 19.4. The number of aromatic nitrogens is 1. The standard InChI is InChI=1S/C18H30N2O3/c1-6-9-13-22-16-11-10-15(14(4)19-16)20-17(21)18(5,12-7-2)23-8-3/h10-11H,6-9,12-13H2,1-5H3,(H,20,21). The third-order valence-corrected chi connectivity index (χ3v) is 3.73. The van der Waals surface area contributed by atoms with E-state index in [9.17, 15) is 4.79 Å². The summed E-state index contributed by atoms with van der Waals surface area (Å²) in [5.74, 6) is 0.459. The molecule has 1 heterocycles. The SMILES string of the molecule is CCCCOc1ccc(NC(=O)C(C)(CCC)OCC)c(C)n1. The Kier molecular flexibility index (Phi) is 8.03. The number of nitrogens with zero attached hydrogens (tertiary/aromatic N) is 1. The molecule has 130 valence electrons. The van der Waals surface area contributed by atoms with Gasteiger partial charge in [-0.15, -0.1) is 0 Å². The summed E-state index contributed by atoms with van der Waals surface area (Å²) in [6.45, 7) is 10.9. The molecule has 23 heavy (non-hydrogen) atoms. The number of carbonyl (C=O) groups is 1. The Morgan fingerprint density at radius 3 is 2.57 bits per heavy atom. The highest BCUT2D eigenvalue weighted by Gasteiger charge is 2.33. The average molecular weight is 322 g/mol. The van der Waals surface area contributed by atoms with Crippen LogP contribution in [-0.4, -0.2) is 29.7 Å². The molecule has 0 fully saturated rings. The van der Waals surface area contributed by atoms with Gasteiger partial charge in [0, 0.05) is 12.7 Å². The minimum Gasteiger partial charge on any atom is -0.478 e. The Labute approximate surface area is 139 Å². The number of amides is 1. The zero-order chi connectivity index (χ0) is 17.3. The fourth-order valence-electron chi connectivity index (χ4n) is 2.37. The Balaban J connectivity index is 2.77. The highest BCUT2D eigenvalue weighted by Crippen LogP contribution is 2.23.